The molecule has 2 aromatic rings. The predicted molar refractivity (Wildman–Crippen MR) is 88.0 cm³/mol. The van der Waals surface area contributed by atoms with Crippen LogP contribution in [0, 0.1) is 0 Å². The zero-order valence-corrected chi connectivity index (χ0v) is 14.0. The monoisotopic (exact) mass is 341 g/mol. The number of thiophene rings is 1. The van der Waals surface area contributed by atoms with Crippen LogP contribution in [-0.4, -0.2) is 20.3 Å². The Morgan fingerprint density at radius 3 is 2.81 bits per heavy atom. The first-order valence-corrected chi connectivity index (χ1v) is 9.60. The van der Waals surface area contributed by atoms with Gasteiger partial charge in [0.1, 0.15) is 4.21 Å². The predicted octanol–water partition coefficient (Wildman–Crippen LogP) is 3.67. The summed E-state index contributed by atoms with van der Waals surface area (Å²) in [5.74, 6) is 0.503. The molecule has 1 aromatic carbocycles. The van der Waals surface area contributed by atoms with Crippen LogP contribution < -0.4 is 4.31 Å². The Morgan fingerprint density at radius 2 is 2.05 bits per heavy atom. The van der Waals surface area contributed by atoms with E-state index in [2.05, 4.69) is 0 Å². The molecule has 1 atom stereocenters. The molecule has 0 N–H and O–H groups in total. The summed E-state index contributed by atoms with van der Waals surface area (Å²) in [6.45, 7) is 1.95. The topological polar surface area (TPSA) is 37.4 Å². The lowest BCUT2D eigenvalue weighted by molar-refractivity contribution is 0.586. The number of para-hydroxylation sites is 1. The molecule has 3 rings (SSSR count). The number of rotatable bonds is 4. The van der Waals surface area contributed by atoms with E-state index in [0.717, 1.165) is 22.5 Å². The third-order valence-corrected chi connectivity index (χ3v) is 7.37. The summed E-state index contributed by atoms with van der Waals surface area (Å²) < 4.78 is 27.8. The van der Waals surface area contributed by atoms with E-state index in [4.69, 9.17) is 11.6 Å². The van der Waals surface area contributed by atoms with Crippen LogP contribution in [0.15, 0.2) is 40.6 Å². The first kappa shape index (κ1) is 14.9. The maximum Gasteiger partial charge on any atom is 0.274 e. The molecule has 0 amide bonds. The van der Waals surface area contributed by atoms with Gasteiger partial charge in [-0.05, 0) is 43.5 Å². The molecule has 1 aromatic heterocycles. The fourth-order valence-electron chi connectivity index (χ4n) is 2.72. The Bertz CT molecular complexity index is 755. The zero-order valence-electron chi connectivity index (χ0n) is 11.6. The van der Waals surface area contributed by atoms with Crippen LogP contribution in [0.2, 0.25) is 0 Å². The fraction of sp³-hybridized carbons (Fsp3) is 0.333. The van der Waals surface area contributed by atoms with Crippen molar-refractivity contribution in [2.24, 2.45) is 0 Å². The molecule has 1 aliphatic heterocycles. The average molecular weight is 342 g/mol. The lowest BCUT2D eigenvalue weighted by atomic mass is 10.1. The highest BCUT2D eigenvalue weighted by atomic mass is 35.5. The molecule has 0 bridgehead atoms. The van der Waals surface area contributed by atoms with Crippen molar-refractivity contribution in [3.63, 3.8) is 0 Å². The average Bonchev–Trinajstić information content (AvgIpc) is 3.02. The highest BCUT2D eigenvalue weighted by Gasteiger charge is 2.36. The summed E-state index contributed by atoms with van der Waals surface area (Å²) in [7, 11) is -3.49. The summed E-state index contributed by atoms with van der Waals surface area (Å²) >= 11 is 7.04. The number of aryl methyl sites for hydroxylation is 1. The van der Waals surface area contributed by atoms with E-state index in [9.17, 15) is 8.42 Å². The maximum atomic E-state index is 12.9. The number of nitrogens with zero attached hydrogens (tertiary/aromatic N) is 1. The Balaban J connectivity index is 2.01. The zero-order chi connectivity index (χ0) is 15.0. The molecule has 1 aliphatic rings. The summed E-state index contributed by atoms with van der Waals surface area (Å²) in [4.78, 5) is 1.00. The van der Waals surface area contributed by atoms with Crippen LogP contribution in [-0.2, 0) is 22.9 Å². The second kappa shape index (κ2) is 5.63. The number of benzene rings is 1. The van der Waals surface area contributed by atoms with Crippen molar-refractivity contribution in [1.82, 2.24) is 0 Å². The third-order valence-electron chi connectivity index (χ3n) is 3.64. The van der Waals surface area contributed by atoms with Gasteiger partial charge in [-0.1, -0.05) is 18.2 Å². The third kappa shape index (κ3) is 2.58. The Morgan fingerprint density at radius 1 is 1.29 bits per heavy atom. The van der Waals surface area contributed by atoms with E-state index in [1.54, 1.807) is 10.4 Å². The second-order valence-electron chi connectivity index (χ2n) is 5.14. The molecule has 0 radical (unpaired) electrons. The maximum absolute atomic E-state index is 12.9. The molecule has 2 heterocycles. The van der Waals surface area contributed by atoms with Gasteiger partial charge in [0, 0.05) is 16.8 Å². The molecular formula is C15H16ClNO2S2. The van der Waals surface area contributed by atoms with Crippen LogP contribution in [0.4, 0.5) is 5.69 Å². The molecule has 0 aliphatic carbocycles. The van der Waals surface area contributed by atoms with E-state index in [1.807, 2.05) is 37.3 Å². The molecule has 6 heteroatoms. The van der Waals surface area contributed by atoms with Crippen LogP contribution in [0.1, 0.15) is 17.4 Å². The van der Waals surface area contributed by atoms with Gasteiger partial charge in [0.05, 0.1) is 5.69 Å². The smallest absolute Gasteiger partial charge is 0.262 e. The van der Waals surface area contributed by atoms with Gasteiger partial charge in [-0.2, -0.15) is 0 Å². The van der Waals surface area contributed by atoms with Crippen LogP contribution in [0.5, 0.6) is 0 Å². The molecular weight excluding hydrogens is 326 g/mol. The first-order valence-electron chi connectivity index (χ1n) is 6.81. The van der Waals surface area contributed by atoms with Gasteiger partial charge in [-0.25, -0.2) is 8.42 Å². The van der Waals surface area contributed by atoms with Crippen LogP contribution >= 0.6 is 22.9 Å². The lowest BCUT2D eigenvalue weighted by Crippen LogP contribution is -2.35. The Kier molecular flexibility index (Phi) is 3.99. The van der Waals surface area contributed by atoms with Crippen LogP contribution in [0.3, 0.4) is 0 Å². The number of halogens is 1. The van der Waals surface area contributed by atoms with Gasteiger partial charge < -0.3 is 0 Å². The van der Waals surface area contributed by atoms with Crippen molar-refractivity contribution < 1.29 is 8.42 Å². The number of alkyl halides is 1. The highest BCUT2D eigenvalue weighted by molar-refractivity contribution is 7.94. The number of sulfonamides is 1. The summed E-state index contributed by atoms with van der Waals surface area (Å²) in [6.07, 6.45) is 1.46. The Labute approximate surface area is 134 Å². The van der Waals surface area contributed by atoms with Crippen molar-refractivity contribution in [3.05, 3.63) is 46.8 Å². The normalized spacial score (nSPS) is 18.0. The largest absolute Gasteiger partial charge is 0.274 e. The highest BCUT2D eigenvalue weighted by Crippen LogP contribution is 2.38. The molecule has 21 heavy (non-hydrogen) atoms. The minimum absolute atomic E-state index is 0.0500. The van der Waals surface area contributed by atoms with Crippen molar-refractivity contribution in [1.29, 1.82) is 0 Å². The summed E-state index contributed by atoms with van der Waals surface area (Å²) in [5.41, 5.74) is 1.89. The molecule has 1 unspecified atom stereocenters. The van der Waals surface area contributed by atoms with Gasteiger partial charge in [0.15, 0.2) is 0 Å². The van der Waals surface area contributed by atoms with Crippen molar-refractivity contribution >= 4 is 38.6 Å². The quantitative estimate of drug-likeness (QED) is 0.796. The van der Waals surface area contributed by atoms with E-state index in [0.29, 0.717) is 16.5 Å². The van der Waals surface area contributed by atoms with Gasteiger partial charge in [0.25, 0.3) is 10.0 Å². The number of hydrogen-bond acceptors (Lipinski definition) is 3. The van der Waals surface area contributed by atoms with Crippen molar-refractivity contribution in [3.8, 4) is 0 Å². The van der Waals surface area contributed by atoms with Crippen molar-refractivity contribution in [2.75, 3.05) is 10.2 Å². The Hall–Kier alpha value is -1.04. The van der Waals surface area contributed by atoms with Crippen LogP contribution in [0.25, 0.3) is 0 Å². The molecule has 0 saturated carbocycles. The number of fused-ring (bicyclic) bond motifs is 1. The molecule has 0 fully saturated rings. The molecule has 3 nitrogen and oxygen atoms in total. The molecule has 0 spiro atoms. The number of hydrogen-bond donors (Lipinski definition) is 0. The number of anilines is 1. The van der Waals surface area contributed by atoms with Crippen molar-refractivity contribution in [2.45, 2.75) is 30.0 Å². The van der Waals surface area contributed by atoms with E-state index < -0.39 is 10.0 Å². The van der Waals surface area contributed by atoms with Gasteiger partial charge >= 0.3 is 0 Å². The van der Waals surface area contributed by atoms with E-state index in [-0.39, 0.29) is 6.04 Å². The van der Waals surface area contributed by atoms with E-state index in [1.165, 1.54) is 11.3 Å². The SMILES string of the molecule is CC1Cc2ccccc2N1S(=O)(=O)c1ccc(CCCl)s1. The van der Waals surface area contributed by atoms with E-state index >= 15 is 0 Å². The second-order valence-corrected chi connectivity index (χ2v) is 8.73. The molecule has 0 saturated heterocycles. The summed E-state index contributed by atoms with van der Waals surface area (Å²) in [5, 5.41) is 0. The van der Waals surface area contributed by atoms with Gasteiger partial charge in [-0.15, -0.1) is 22.9 Å². The minimum Gasteiger partial charge on any atom is -0.262 e. The molecule has 112 valence electrons. The van der Waals surface area contributed by atoms with Gasteiger partial charge in [0.2, 0.25) is 0 Å². The summed E-state index contributed by atoms with van der Waals surface area (Å²) in [6, 6.07) is 11.2. The fourth-order valence-corrected chi connectivity index (χ4v) is 6.18. The van der Waals surface area contributed by atoms with Gasteiger partial charge in [-0.3, -0.25) is 4.31 Å². The minimum atomic E-state index is -3.49. The first-order chi connectivity index (χ1) is 10.0. The lowest BCUT2D eigenvalue weighted by Gasteiger charge is -2.23. The standard InChI is InChI=1S/C15H16ClNO2S2/c1-11-10-12-4-2-3-5-14(12)17(11)21(18,19)15-7-6-13(20-15)8-9-16/h2-7,11H,8-10H2,1H3.